The van der Waals surface area contributed by atoms with Crippen LogP contribution >= 0.6 is 11.3 Å². The van der Waals surface area contributed by atoms with Crippen LogP contribution in [0, 0.1) is 0 Å². The van der Waals surface area contributed by atoms with E-state index in [1.807, 2.05) is 22.2 Å². The van der Waals surface area contributed by atoms with E-state index in [0.717, 1.165) is 36.1 Å². The SMILES string of the molecule is CCCNC(=NCc1cn2ccsc2n1)NCC. The van der Waals surface area contributed by atoms with Crippen molar-refractivity contribution in [1.82, 2.24) is 20.0 Å². The van der Waals surface area contributed by atoms with Crippen molar-refractivity contribution in [3.8, 4) is 0 Å². The molecule has 0 spiro atoms. The minimum Gasteiger partial charge on any atom is -0.357 e. The predicted octanol–water partition coefficient (Wildman–Crippen LogP) is 1.86. The highest BCUT2D eigenvalue weighted by molar-refractivity contribution is 7.15. The summed E-state index contributed by atoms with van der Waals surface area (Å²) in [6.45, 7) is 6.61. The zero-order valence-corrected chi connectivity index (χ0v) is 11.6. The van der Waals surface area contributed by atoms with E-state index in [1.165, 1.54) is 0 Å². The first-order valence-electron chi connectivity index (χ1n) is 6.26. The van der Waals surface area contributed by atoms with E-state index in [0.29, 0.717) is 6.54 Å². The van der Waals surface area contributed by atoms with Crippen molar-refractivity contribution in [2.24, 2.45) is 4.99 Å². The first-order chi connectivity index (χ1) is 8.83. The van der Waals surface area contributed by atoms with E-state index in [1.54, 1.807) is 11.3 Å². The fourth-order valence-electron chi connectivity index (χ4n) is 1.60. The van der Waals surface area contributed by atoms with E-state index in [-0.39, 0.29) is 0 Å². The van der Waals surface area contributed by atoms with Crippen LogP contribution in [0.1, 0.15) is 26.0 Å². The first kappa shape index (κ1) is 12.9. The summed E-state index contributed by atoms with van der Waals surface area (Å²) in [6, 6.07) is 0. The van der Waals surface area contributed by atoms with Gasteiger partial charge in [-0.05, 0) is 13.3 Å². The van der Waals surface area contributed by atoms with Gasteiger partial charge in [-0.1, -0.05) is 6.92 Å². The maximum atomic E-state index is 4.52. The van der Waals surface area contributed by atoms with Crippen LogP contribution in [0.5, 0.6) is 0 Å². The summed E-state index contributed by atoms with van der Waals surface area (Å²) >= 11 is 1.64. The van der Waals surface area contributed by atoms with Gasteiger partial charge in [0.25, 0.3) is 0 Å². The fourth-order valence-corrected chi connectivity index (χ4v) is 2.32. The lowest BCUT2D eigenvalue weighted by Gasteiger charge is -2.09. The molecule has 5 nitrogen and oxygen atoms in total. The van der Waals surface area contributed by atoms with Crippen LogP contribution in [0.3, 0.4) is 0 Å². The molecule has 0 saturated carbocycles. The van der Waals surface area contributed by atoms with E-state index < -0.39 is 0 Å². The van der Waals surface area contributed by atoms with Gasteiger partial charge in [-0.3, -0.25) is 4.40 Å². The maximum absolute atomic E-state index is 4.52. The highest BCUT2D eigenvalue weighted by atomic mass is 32.1. The van der Waals surface area contributed by atoms with Gasteiger partial charge in [0, 0.05) is 30.9 Å². The van der Waals surface area contributed by atoms with Gasteiger partial charge in [-0.25, -0.2) is 9.98 Å². The molecule has 0 fully saturated rings. The largest absolute Gasteiger partial charge is 0.357 e. The molecule has 0 atom stereocenters. The van der Waals surface area contributed by atoms with Gasteiger partial charge in [0.1, 0.15) is 0 Å². The Morgan fingerprint density at radius 2 is 2.33 bits per heavy atom. The third kappa shape index (κ3) is 3.22. The number of aromatic nitrogens is 2. The molecule has 18 heavy (non-hydrogen) atoms. The third-order valence-corrected chi connectivity index (χ3v) is 3.20. The summed E-state index contributed by atoms with van der Waals surface area (Å²) in [7, 11) is 0. The molecule has 2 aromatic heterocycles. The van der Waals surface area contributed by atoms with Crippen LogP contribution in [-0.2, 0) is 6.54 Å². The molecule has 6 heteroatoms. The van der Waals surface area contributed by atoms with Gasteiger partial charge >= 0.3 is 0 Å². The maximum Gasteiger partial charge on any atom is 0.193 e. The second kappa shape index (κ2) is 6.39. The Labute approximate surface area is 111 Å². The monoisotopic (exact) mass is 265 g/mol. The molecule has 2 N–H and O–H groups in total. The number of guanidine groups is 1. The van der Waals surface area contributed by atoms with Gasteiger partial charge in [-0.2, -0.15) is 0 Å². The lowest BCUT2D eigenvalue weighted by molar-refractivity contribution is 0.784. The number of hydrogen-bond donors (Lipinski definition) is 2. The van der Waals surface area contributed by atoms with E-state index in [9.17, 15) is 0 Å². The minimum atomic E-state index is 0.605. The Hall–Kier alpha value is -1.56. The number of imidazole rings is 1. The molecule has 0 amide bonds. The molecule has 0 aliphatic carbocycles. The second-order valence-electron chi connectivity index (χ2n) is 3.95. The minimum absolute atomic E-state index is 0.605. The third-order valence-electron chi connectivity index (χ3n) is 2.43. The van der Waals surface area contributed by atoms with Crippen molar-refractivity contribution in [3.63, 3.8) is 0 Å². The summed E-state index contributed by atoms with van der Waals surface area (Å²) < 4.78 is 2.03. The van der Waals surface area contributed by atoms with Gasteiger partial charge < -0.3 is 10.6 Å². The Morgan fingerprint density at radius 3 is 3.06 bits per heavy atom. The van der Waals surface area contributed by atoms with Crippen LogP contribution in [0.25, 0.3) is 4.96 Å². The second-order valence-corrected chi connectivity index (χ2v) is 4.82. The highest BCUT2D eigenvalue weighted by Gasteiger charge is 2.02. The Bertz CT molecular complexity index is 485. The number of aliphatic imine (C=N–C) groups is 1. The topological polar surface area (TPSA) is 53.7 Å². The van der Waals surface area contributed by atoms with Crippen molar-refractivity contribution in [2.75, 3.05) is 13.1 Å². The number of hydrogen-bond acceptors (Lipinski definition) is 3. The molecule has 2 heterocycles. The summed E-state index contributed by atoms with van der Waals surface area (Å²) in [5.41, 5.74) is 0.996. The molecule has 0 aliphatic heterocycles. The lowest BCUT2D eigenvalue weighted by Crippen LogP contribution is -2.37. The molecule has 0 radical (unpaired) electrons. The first-order valence-corrected chi connectivity index (χ1v) is 7.14. The summed E-state index contributed by atoms with van der Waals surface area (Å²) in [5, 5.41) is 8.53. The average Bonchev–Trinajstić information content (AvgIpc) is 2.93. The van der Waals surface area contributed by atoms with Gasteiger partial charge in [0.15, 0.2) is 10.9 Å². The van der Waals surface area contributed by atoms with Gasteiger partial charge in [0.2, 0.25) is 0 Å². The summed E-state index contributed by atoms with van der Waals surface area (Å²) in [4.78, 5) is 10.0. The number of thiazole rings is 1. The summed E-state index contributed by atoms with van der Waals surface area (Å²) in [6.07, 6.45) is 5.13. The predicted molar refractivity (Wildman–Crippen MR) is 76.2 cm³/mol. The van der Waals surface area contributed by atoms with Crippen molar-refractivity contribution in [1.29, 1.82) is 0 Å². The molecular formula is C12H19N5S. The number of fused-ring (bicyclic) bond motifs is 1. The lowest BCUT2D eigenvalue weighted by atomic mass is 10.5. The van der Waals surface area contributed by atoms with Gasteiger partial charge in [0.05, 0.1) is 12.2 Å². The standard InChI is InChI=1S/C12H19N5S/c1-3-5-14-11(13-4-2)15-8-10-9-17-6-7-18-12(17)16-10/h6-7,9H,3-5,8H2,1-2H3,(H2,13,14,15). The van der Waals surface area contributed by atoms with Gasteiger partial charge in [-0.15, -0.1) is 11.3 Å². The Balaban J connectivity index is 1.99. The van der Waals surface area contributed by atoms with Crippen LogP contribution in [0.2, 0.25) is 0 Å². The van der Waals surface area contributed by atoms with Crippen molar-refractivity contribution >= 4 is 22.3 Å². The number of nitrogens with one attached hydrogen (secondary N) is 2. The van der Waals surface area contributed by atoms with E-state index in [4.69, 9.17) is 0 Å². The average molecular weight is 265 g/mol. The quantitative estimate of drug-likeness (QED) is 0.641. The Morgan fingerprint density at radius 1 is 1.44 bits per heavy atom. The molecule has 0 aromatic carbocycles. The number of nitrogens with zero attached hydrogens (tertiary/aromatic N) is 3. The highest BCUT2D eigenvalue weighted by Crippen LogP contribution is 2.11. The molecular weight excluding hydrogens is 246 g/mol. The molecule has 2 rings (SSSR count). The molecule has 98 valence electrons. The Kier molecular flexibility index (Phi) is 4.58. The molecule has 0 saturated heterocycles. The van der Waals surface area contributed by atoms with Crippen LogP contribution in [-0.4, -0.2) is 28.4 Å². The fraction of sp³-hybridized carbons (Fsp3) is 0.500. The van der Waals surface area contributed by atoms with E-state index in [2.05, 4.69) is 34.5 Å². The smallest absolute Gasteiger partial charge is 0.193 e. The van der Waals surface area contributed by atoms with Crippen molar-refractivity contribution < 1.29 is 0 Å². The zero-order chi connectivity index (χ0) is 12.8. The normalized spacial score (nSPS) is 12.0. The van der Waals surface area contributed by atoms with E-state index >= 15 is 0 Å². The molecule has 2 aromatic rings. The molecule has 0 aliphatic rings. The van der Waals surface area contributed by atoms with Crippen LogP contribution < -0.4 is 10.6 Å². The van der Waals surface area contributed by atoms with Crippen molar-refractivity contribution in [2.45, 2.75) is 26.8 Å². The zero-order valence-electron chi connectivity index (χ0n) is 10.8. The van der Waals surface area contributed by atoms with Crippen molar-refractivity contribution in [3.05, 3.63) is 23.5 Å². The van der Waals surface area contributed by atoms with Crippen LogP contribution in [0.4, 0.5) is 0 Å². The van der Waals surface area contributed by atoms with Crippen LogP contribution in [0.15, 0.2) is 22.8 Å². The molecule has 0 bridgehead atoms. The number of rotatable bonds is 5. The summed E-state index contributed by atoms with van der Waals surface area (Å²) in [5.74, 6) is 0.857. The molecule has 0 unspecified atom stereocenters.